The molecule has 0 aliphatic heterocycles. The number of nitrogens with two attached hydrogens (primary N) is 1. The first-order valence-corrected chi connectivity index (χ1v) is 6.07. The molecule has 2 bridgehead atoms. The van der Waals surface area contributed by atoms with Crippen molar-refractivity contribution in [2.75, 3.05) is 0 Å². The molecule has 16 heavy (non-hydrogen) atoms. The minimum absolute atomic E-state index is 0.0476. The van der Waals surface area contributed by atoms with Gasteiger partial charge in [-0.3, -0.25) is 4.79 Å². The molecule has 0 amide bonds. The lowest BCUT2D eigenvalue weighted by Gasteiger charge is -2.32. The third kappa shape index (κ3) is 1.24. The van der Waals surface area contributed by atoms with E-state index in [0.717, 1.165) is 12.8 Å². The Balaban J connectivity index is 2.26. The lowest BCUT2D eigenvalue weighted by molar-refractivity contribution is -0.129. The molecular formula is C11H19N3OS. The van der Waals surface area contributed by atoms with Crippen LogP contribution >= 0.6 is 12.2 Å². The quantitative estimate of drug-likeness (QED) is 0.358. The van der Waals surface area contributed by atoms with Crippen LogP contribution in [0, 0.1) is 16.7 Å². The van der Waals surface area contributed by atoms with Crippen LogP contribution in [0.1, 0.15) is 33.6 Å². The monoisotopic (exact) mass is 241 g/mol. The Kier molecular flexibility index (Phi) is 2.51. The van der Waals surface area contributed by atoms with Gasteiger partial charge in [-0.25, -0.2) is 5.84 Å². The van der Waals surface area contributed by atoms with Gasteiger partial charge in [0.05, 0.1) is 6.04 Å². The summed E-state index contributed by atoms with van der Waals surface area (Å²) in [6.45, 7) is 6.45. The molecule has 4 nitrogen and oxygen atoms in total. The van der Waals surface area contributed by atoms with Gasteiger partial charge in [0, 0.05) is 5.41 Å². The molecule has 0 aromatic heterocycles. The molecule has 2 fully saturated rings. The Hall–Kier alpha value is -0.680. The average molecular weight is 241 g/mol. The fourth-order valence-corrected chi connectivity index (χ4v) is 3.56. The first kappa shape index (κ1) is 11.8. The Morgan fingerprint density at radius 3 is 2.56 bits per heavy atom. The third-order valence-electron chi connectivity index (χ3n) is 4.95. The van der Waals surface area contributed by atoms with E-state index in [1.54, 1.807) is 0 Å². The van der Waals surface area contributed by atoms with Gasteiger partial charge in [-0.05, 0) is 36.4 Å². The van der Waals surface area contributed by atoms with E-state index in [1.165, 1.54) is 0 Å². The molecule has 0 radical (unpaired) electrons. The topological polar surface area (TPSA) is 67.2 Å². The maximum atomic E-state index is 12.4. The summed E-state index contributed by atoms with van der Waals surface area (Å²) in [5, 5.41) is 3.39. The van der Waals surface area contributed by atoms with Gasteiger partial charge in [0.25, 0.3) is 0 Å². The normalized spacial score (nSPS) is 39.9. The Morgan fingerprint density at radius 2 is 2.12 bits per heavy atom. The van der Waals surface area contributed by atoms with E-state index in [4.69, 9.17) is 18.1 Å². The Morgan fingerprint density at radius 1 is 1.50 bits per heavy atom. The van der Waals surface area contributed by atoms with Gasteiger partial charge < -0.3 is 10.7 Å². The zero-order valence-electron chi connectivity index (χ0n) is 9.96. The van der Waals surface area contributed by atoms with E-state index in [0.29, 0.717) is 11.0 Å². The molecule has 3 atom stereocenters. The van der Waals surface area contributed by atoms with Gasteiger partial charge in [-0.1, -0.05) is 20.8 Å². The molecule has 2 rings (SSSR count). The molecule has 0 aromatic rings. The zero-order valence-corrected chi connectivity index (χ0v) is 10.8. The van der Waals surface area contributed by atoms with E-state index in [-0.39, 0.29) is 22.7 Å². The SMILES string of the molecule is CC1(C)[C@H]2CC[C@]1(C)C(=O)[C@@H]2NC(=S)NN. The van der Waals surface area contributed by atoms with Crippen LogP contribution < -0.4 is 16.6 Å². The predicted octanol–water partition coefficient (Wildman–Crippen LogP) is 0.718. The standard InChI is InChI=1S/C11H19N3OS/c1-10(2)6-4-5-11(10,3)8(15)7(6)13-9(16)14-12/h6-7H,4-5,12H2,1-3H3,(H2,13,14,16)/t6-,7+,11+/m0/s1. The van der Waals surface area contributed by atoms with Crippen molar-refractivity contribution in [1.82, 2.24) is 10.7 Å². The third-order valence-corrected chi connectivity index (χ3v) is 5.19. The predicted molar refractivity (Wildman–Crippen MR) is 66.5 cm³/mol. The van der Waals surface area contributed by atoms with Crippen LogP contribution in [-0.4, -0.2) is 16.9 Å². The summed E-state index contributed by atoms with van der Waals surface area (Å²) >= 11 is 4.97. The van der Waals surface area contributed by atoms with Crippen LogP contribution in [0.3, 0.4) is 0 Å². The van der Waals surface area contributed by atoms with E-state index in [2.05, 4.69) is 31.5 Å². The maximum Gasteiger partial charge on any atom is 0.181 e. The summed E-state index contributed by atoms with van der Waals surface area (Å²) in [5.74, 6) is 5.87. The van der Waals surface area contributed by atoms with E-state index >= 15 is 0 Å². The molecule has 0 spiro atoms. The fraction of sp³-hybridized carbons (Fsp3) is 0.818. The number of fused-ring (bicyclic) bond motifs is 2. The molecule has 2 saturated carbocycles. The lowest BCUT2D eigenvalue weighted by atomic mass is 9.70. The molecular weight excluding hydrogens is 222 g/mol. The van der Waals surface area contributed by atoms with Crippen LogP contribution in [0.25, 0.3) is 0 Å². The summed E-state index contributed by atoms with van der Waals surface area (Å²) in [7, 11) is 0. The van der Waals surface area contributed by atoms with Gasteiger partial charge in [-0.2, -0.15) is 0 Å². The van der Waals surface area contributed by atoms with Gasteiger partial charge in [-0.15, -0.1) is 0 Å². The number of carbonyl (C=O) groups excluding carboxylic acids is 1. The van der Waals surface area contributed by atoms with Crippen molar-refractivity contribution in [3.05, 3.63) is 0 Å². The molecule has 4 N–H and O–H groups in total. The summed E-state index contributed by atoms with van der Waals surface area (Å²) in [5.41, 5.74) is 2.22. The number of ketones is 1. The van der Waals surface area contributed by atoms with Crippen molar-refractivity contribution in [3.63, 3.8) is 0 Å². The van der Waals surface area contributed by atoms with E-state index in [1.807, 2.05) is 0 Å². The van der Waals surface area contributed by atoms with Gasteiger partial charge in [0.1, 0.15) is 0 Å². The Bertz CT molecular complexity index is 355. The number of carbonyl (C=O) groups is 1. The number of hydrogen-bond donors (Lipinski definition) is 3. The molecule has 90 valence electrons. The van der Waals surface area contributed by atoms with Crippen LogP contribution in [0.4, 0.5) is 0 Å². The van der Waals surface area contributed by atoms with Gasteiger partial charge in [0.2, 0.25) is 0 Å². The minimum atomic E-state index is -0.209. The smallest absolute Gasteiger partial charge is 0.181 e. The van der Waals surface area contributed by atoms with Crippen LogP contribution in [-0.2, 0) is 4.79 Å². The van der Waals surface area contributed by atoms with Crippen molar-refractivity contribution in [1.29, 1.82) is 0 Å². The highest BCUT2D eigenvalue weighted by molar-refractivity contribution is 7.80. The van der Waals surface area contributed by atoms with Gasteiger partial charge >= 0.3 is 0 Å². The molecule has 0 aromatic carbocycles. The first-order valence-electron chi connectivity index (χ1n) is 5.66. The number of nitrogens with one attached hydrogen (secondary N) is 2. The molecule has 0 saturated heterocycles. The maximum absolute atomic E-state index is 12.4. The summed E-state index contributed by atoms with van der Waals surface area (Å²) in [6, 6.07) is -0.169. The number of Topliss-reactive ketones (excluding diaryl/α,β-unsaturated/α-hetero) is 1. The second-order valence-electron chi connectivity index (χ2n) is 5.66. The second kappa shape index (κ2) is 3.40. The highest BCUT2D eigenvalue weighted by Gasteiger charge is 2.66. The van der Waals surface area contributed by atoms with Gasteiger partial charge in [0.15, 0.2) is 10.9 Å². The Labute approximate surface area is 101 Å². The summed E-state index contributed by atoms with van der Waals surface area (Å²) < 4.78 is 0. The van der Waals surface area contributed by atoms with Crippen molar-refractivity contribution in [2.45, 2.75) is 39.7 Å². The number of rotatable bonds is 1. The summed E-state index contributed by atoms with van der Waals surface area (Å²) in [6.07, 6.45) is 2.07. The molecule has 2 aliphatic rings. The van der Waals surface area contributed by atoms with Crippen LogP contribution in [0.2, 0.25) is 0 Å². The van der Waals surface area contributed by atoms with E-state index in [9.17, 15) is 4.79 Å². The van der Waals surface area contributed by atoms with Crippen molar-refractivity contribution < 1.29 is 4.79 Å². The minimum Gasteiger partial charge on any atom is -0.352 e. The molecule has 2 aliphatic carbocycles. The highest BCUT2D eigenvalue weighted by atomic mass is 32.1. The second-order valence-corrected chi connectivity index (χ2v) is 6.07. The highest BCUT2D eigenvalue weighted by Crippen LogP contribution is 2.63. The largest absolute Gasteiger partial charge is 0.352 e. The average Bonchev–Trinajstić information content (AvgIpc) is 2.53. The zero-order chi connectivity index (χ0) is 12.1. The fourth-order valence-electron chi connectivity index (χ4n) is 3.44. The van der Waals surface area contributed by atoms with Crippen molar-refractivity contribution in [2.24, 2.45) is 22.6 Å². The molecule has 0 heterocycles. The van der Waals surface area contributed by atoms with Crippen molar-refractivity contribution >= 4 is 23.1 Å². The number of thiocarbonyl (C=S) groups is 1. The molecule has 5 heteroatoms. The van der Waals surface area contributed by atoms with Crippen LogP contribution in [0.5, 0.6) is 0 Å². The van der Waals surface area contributed by atoms with Crippen LogP contribution in [0.15, 0.2) is 0 Å². The van der Waals surface area contributed by atoms with E-state index < -0.39 is 0 Å². The number of hydrazine groups is 1. The summed E-state index contributed by atoms with van der Waals surface area (Å²) in [4.78, 5) is 12.4. The first-order chi connectivity index (χ1) is 7.34. The van der Waals surface area contributed by atoms with Crippen molar-refractivity contribution in [3.8, 4) is 0 Å². The number of hydrogen-bond acceptors (Lipinski definition) is 3. The molecule has 0 unspecified atom stereocenters. The lowest BCUT2D eigenvalue weighted by Crippen LogP contribution is -2.51.